The van der Waals surface area contributed by atoms with Crippen LogP contribution in [0.2, 0.25) is 0 Å². The molecule has 11 heteroatoms. The van der Waals surface area contributed by atoms with Crippen LogP contribution in [0.25, 0.3) is 11.4 Å². The van der Waals surface area contributed by atoms with Gasteiger partial charge in [-0.3, -0.25) is 0 Å². The second-order valence-electron chi connectivity index (χ2n) is 6.03. The number of anilines is 2. The first-order valence-corrected chi connectivity index (χ1v) is 8.29. The van der Waals surface area contributed by atoms with Crippen molar-refractivity contribution in [3.63, 3.8) is 0 Å². The molecule has 8 nitrogen and oxygen atoms in total. The van der Waals surface area contributed by atoms with Crippen LogP contribution < -0.4 is 5.32 Å². The van der Waals surface area contributed by atoms with E-state index in [1.807, 2.05) is 0 Å². The largest absolute Gasteiger partial charge is 0.478 e. The fraction of sp³-hybridized carbons (Fsp3) is 0.167. The number of allylic oxidation sites excluding steroid dienone is 1. The summed E-state index contributed by atoms with van der Waals surface area (Å²) in [6.45, 7) is 2.01. The van der Waals surface area contributed by atoms with E-state index in [9.17, 15) is 18.0 Å². The van der Waals surface area contributed by atoms with Gasteiger partial charge in [0, 0.05) is 12.3 Å². The maximum atomic E-state index is 12.9. The number of aryl methyl sites for hydroxylation is 1. The molecule has 0 radical (unpaired) electrons. The third kappa shape index (κ3) is 5.37. The molecule has 3 rings (SSSR count). The quantitative estimate of drug-likeness (QED) is 0.606. The molecule has 0 bridgehead atoms. The van der Waals surface area contributed by atoms with Crippen molar-refractivity contribution < 1.29 is 23.1 Å². The Labute approximate surface area is 162 Å². The molecule has 3 heterocycles. The van der Waals surface area contributed by atoms with Crippen molar-refractivity contribution in [2.24, 2.45) is 0 Å². The second kappa shape index (κ2) is 8.09. The zero-order chi connectivity index (χ0) is 21.0. The Morgan fingerprint density at radius 3 is 2.76 bits per heavy atom. The van der Waals surface area contributed by atoms with Crippen LogP contribution in [0, 0.1) is 6.92 Å². The summed E-state index contributed by atoms with van der Waals surface area (Å²) in [7, 11) is 0. The minimum Gasteiger partial charge on any atom is -0.478 e. The number of nitrogens with one attached hydrogen (secondary N) is 1. The number of carbonyl (C=O) groups is 1. The minimum atomic E-state index is -4.47. The smallest absolute Gasteiger partial charge is 0.416 e. The molecule has 0 saturated carbocycles. The van der Waals surface area contributed by atoms with Gasteiger partial charge in [-0.1, -0.05) is 11.3 Å². The monoisotopic (exact) mass is 404 g/mol. The highest BCUT2D eigenvalue weighted by atomic mass is 19.4. The Balaban J connectivity index is 1.82. The normalized spacial score (nSPS) is 11.7. The molecule has 0 fully saturated rings. The molecule has 0 aliphatic rings. The first kappa shape index (κ1) is 20.0. The molecule has 29 heavy (non-hydrogen) atoms. The number of halogens is 3. The molecule has 0 saturated heterocycles. The van der Waals surface area contributed by atoms with Crippen LogP contribution in [-0.2, 0) is 17.5 Å². The van der Waals surface area contributed by atoms with E-state index in [0.29, 0.717) is 17.2 Å². The molecule has 3 aromatic heterocycles. The molecular formula is C18H15F3N6O2. The van der Waals surface area contributed by atoms with Crippen molar-refractivity contribution in [3.8, 4) is 11.4 Å². The topological polar surface area (TPSA) is 106 Å². The van der Waals surface area contributed by atoms with Gasteiger partial charge < -0.3 is 10.4 Å². The zero-order valence-electron chi connectivity index (χ0n) is 15.1. The van der Waals surface area contributed by atoms with Crippen LogP contribution in [0.3, 0.4) is 0 Å². The van der Waals surface area contributed by atoms with Crippen molar-refractivity contribution in [3.05, 3.63) is 59.9 Å². The van der Waals surface area contributed by atoms with Gasteiger partial charge in [0.25, 0.3) is 0 Å². The highest BCUT2D eigenvalue weighted by Gasteiger charge is 2.30. The summed E-state index contributed by atoms with van der Waals surface area (Å²) in [6.07, 6.45) is 0.587. The third-order valence-corrected chi connectivity index (χ3v) is 3.67. The lowest BCUT2D eigenvalue weighted by Gasteiger charge is -2.10. The van der Waals surface area contributed by atoms with Crippen molar-refractivity contribution >= 4 is 17.6 Å². The Kier molecular flexibility index (Phi) is 5.57. The summed E-state index contributed by atoms with van der Waals surface area (Å²) in [6, 6.07) is 5.18. The van der Waals surface area contributed by atoms with E-state index < -0.39 is 17.7 Å². The lowest BCUT2D eigenvalue weighted by atomic mass is 10.2. The van der Waals surface area contributed by atoms with Crippen molar-refractivity contribution in [2.75, 3.05) is 5.32 Å². The molecule has 0 aliphatic carbocycles. The fourth-order valence-corrected chi connectivity index (χ4v) is 2.44. The molecule has 0 unspecified atom stereocenters. The summed E-state index contributed by atoms with van der Waals surface area (Å²) < 4.78 is 40.0. The molecule has 0 atom stereocenters. The van der Waals surface area contributed by atoms with Gasteiger partial charge in [0.05, 0.1) is 24.0 Å². The van der Waals surface area contributed by atoms with Crippen LogP contribution >= 0.6 is 0 Å². The number of rotatable bonds is 6. The second-order valence-corrected chi connectivity index (χ2v) is 6.03. The Morgan fingerprint density at radius 2 is 2.03 bits per heavy atom. The molecule has 150 valence electrons. The van der Waals surface area contributed by atoms with Gasteiger partial charge in [-0.05, 0) is 36.8 Å². The molecule has 3 aromatic rings. The Bertz CT molecular complexity index is 1060. The number of aliphatic carboxylic acids is 1. The van der Waals surface area contributed by atoms with Gasteiger partial charge in [0.1, 0.15) is 17.3 Å². The Hall–Kier alpha value is -3.76. The molecule has 0 aliphatic heterocycles. The lowest BCUT2D eigenvalue weighted by molar-refractivity contribution is -0.137. The van der Waals surface area contributed by atoms with Gasteiger partial charge in [0.15, 0.2) is 0 Å². The summed E-state index contributed by atoms with van der Waals surface area (Å²) in [4.78, 5) is 18.7. The van der Waals surface area contributed by atoms with E-state index in [1.165, 1.54) is 10.8 Å². The fourth-order valence-electron chi connectivity index (χ4n) is 2.44. The molecule has 0 spiro atoms. The third-order valence-electron chi connectivity index (χ3n) is 3.67. The number of nitrogens with zero attached hydrogens (tertiary/aromatic N) is 5. The van der Waals surface area contributed by atoms with E-state index in [1.54, 1.807) is 25.3 Å². The number of carboxylic acid groups (broad SMARTS) is 1. The van der Waals surface area contributed by atoms with Crippen molar-refractivity contribution in [1.82, 2.24) is 25.0 Å². The summed E-state index contributed by atoms with van der Waals surface area (Å²) in [5.41, 5.74) is 0.857. The van der Waals surface area contributed by atoms with Crippen LogP contribution in [0.5, 0.6) is 0 Å². The molecule has 0 amide bonds. The minimum absolute atomic E-state index is 0.00587. The number of carboxylic acids is 1. The van der Waals surface area contributed by atoms with Gasteiger partial charge in [-0.15, -0.1) is 5.10 Å². The summed E-state index contributed by atoms with van der Waals surface area (Å²) in [5, 5.41) is 19.3. The van der Waals surface area contributed by atoms with Gasteiger partial charge >= 0.3 is 12.1 Å². The SMILES string of the molecule is Cc1cc(Nc2cc(C(F)(F)F)ccn2)nc(-c2cn(CC=CC(=O)O)nn2)c1. The zero-order valence-corrected chi connectivity index (χ0v) is 15.1. The van der Waals surface area contributed by atoms with Gasteiger partial charge in [-0.25, -0.2) is 19.4 Å². The molecular weight excluding hydrogens is 389 g/mol. The summed E-state index contributed by atoms with van der Waals surface area (Å²) in [5.74, 6) is -0.761. The first-order chi connectivity index (χ1) is 13.7. The van der Waals surface area contributed by atoms with E-state index in [0.717, 1.165) is 30.0 Å². The average molecular weight is 404 g/mol. The van der Waals surface area contributed by atoms with E-state index in [2.05, 4.69) is 25.6 Å². The predicted octanol–water partition coefficient (Wildman–Crippen LogP) is 3.45. The standard InChI is InChI=1S/C18H15F3N6O2/c1-11-7-13(14-10-27(26-25-14)6-2-3-17(28)29)23-16(8-11)24-15-9-12(4-5-22-15)18(19,20)21/h2-5,7-10H,6H2,1H3,(H,28,29)(H,22,23,24). The highest BCUT2D eigenvalue weighted by molar-refractivity contribution is 5.79. The van der Waals surface area contributed by atoms with Gasteiger partial charge in [0.2, 0.25) is 0 Å². The average Bonchev–Trinajstić information content (AvgIpc) is 3.09. The molecule has 2 N–H and O–H groups in total. The van der Waals surface area contributed by atoms with E-state index in [4.69, 9.17) is 5.11 Å². The van der Waals surface area contributed by atoms with Gasteiger partial charge in [-0.2, -0.15) is 13.2 Å². The van der Waals surface area contributed by atoms with Crippen LogP contribution in [0.1, 0.15) is 11.1 Å². The van der Waals surface area contributed by atoms with Crippen LogP contribution in [0.4, 0.5) is 24.8 Å². The van der Waals surface area contributed by atoms with Crippen molar-refractivity contribution in [2.45, 2.75) is 19.6 Å². The first-order valence-electron chi connectivity index (χ1n) is 8.29. The number of hydrogen-bond donors (Lipinski definition) is 2. The maximum Gasteiger partial charge on any atom is 0.416 e. The van der Waals surface area contributed by atoms with E-state index >= 15 is 0 Å². The Morgan fingerprint density at radius 1 is 1.24 bits per heavy atom. The van der Waals surface area contributed by atoms with E-state index in [-0.39, 0.29) is 12.4 Å². The van der Waals surface area contributed by atoms with Crippen molar-refractivity contribution in [1.29, 1.82) is 0 Å². The lowest BCUT2D eigenvalue weighted by Crippen LogP contribution is -2.06. The summed E-state index contributed by atoms with van der Waals surface area (Å²) >= 11 is 0. The number of pyridine rings is 2. The maximum absolute atomic E-state index is 12.9. The molecule has 0 aromatic carbocycles. The van der Waals surface area contributed by atoms with Crippen LogP contribution in [-0.4, -0.2) is 36.0 Å². The van der Waals surface area contributed by atoms with Crippen LogP contribution in [0.15, 0.2) is 48.8 Å². The number of aromatic nitrogens is 5. The number of alkyl halides is 3. The highest BCUT2D eigenvalue weighted by Crippen LogP contribution is 2.30. The number of hydrogen-bond acceptors (Lipinski definition) is 6. The predicted molar refractivity (Wildman–Crippen MR) is 97.3 cm³/mol.